The molecule has 0 spiro atoms. The van der Waals surface area contributed by atoms with Crippen molar-refractivity contribution in [1.82, 2.24) is 0 Å². The molecular formula is C15H11NO4S2. The number of aromatic carboxylic acids is 1. The van der Waals surface area contributed by atoms with Crippen LogP contribution in [0, 0.1) is 0 Å². The number of nitrogens with one attached hydrogen (secondary N) is 1. The highest BCUT2D eigenvalue weighted by molar-refractivity contribution is 7.92. The van der Waals surface area contributed by atoms with Gasteiger partial charge in [0.2, 0.25) is 0 Å². The van der Waals surface area contributed by atoms with E-state index in [1.165, 1.54) is 24.3 Å². The van der Waals surface area contributed by atoms with Crippen LogP contribution in [0.25, 0.3) is 10.1 Å². The number of hydrogen-bond acceptors (Lipinski definition) is 4. The van der Waals surface area contributed by atoms with Crippen LogP contribution in [0.15, 0.2) is 58.8 Å². The van der Waals surface area contributed by atoms with Crippen molar-refractivity contribution >= 4 is 43.1 Å². The quantitative estimate of drug-likeness (QED) is 0.766. The number of benzene rings is 2. The lowest BCUT2D eigenvalue weighted by Crippen LogP contribution is -2.13. The Bertz CT molecular complexity index is 943. The van der Waals surface area contributed by atoms with E-state index in [1.807, 2.05) is 17.5 Å². The van der Waals surface area contributed by atoms with Crippen molar-refractivity contribution in [3.8, 4) is 0 Å². The lowest BCUT2D eigenvalue weighted by molar-refractivity contribution is 0.0696. The summed E-state index contributed by atoms with van der Waals surface area (Å²) in [5.41, 5.74) is 0.506. The van der Waals surface area contributed by atoms with Crippen LogP contribution < -0.4 is 4.72 Å². The zero-order valence-electron chi connectivity index (χ0n) is 11.2. The van der Waals surface area contributed by atoms with Gasteiger partial charge in [0.25, 0.3) is 10.0 Å². The van der Waals surface area contributed by atoms with Gasteiger partial charge in [0.15, 0.2) is 0 Å². The molecule has 3 aromatic rings. The molecule has 5 nitrogen and oxygen atoms in total. The van der Waals surface area contributed by atoms with Crippen molar-refractivity contribution in [3.63, 3.8) is 0 Å². The first-order valence-electron chi connectivity index (χ1n) is 6.29. The molecule has 2 N–H and O–H groups in total. The maximum atomic E-state index is 12.3. The van der Waals surface area contributed by atoms with E-state index in [0.29, 0.717) is 5.69 Å². The Hall–Kier alpha value is -2.38. The average molecular weight is 333 g/mol. The van der Waals surface area contributed by atoms with Gasteiger partial charge < -0.3 is 5.11 Å². The summed E-state index contributed by atoms with van der Waals surface area (Å²) < 4.78 is 28.2. The van der Waals surface area contributed by atoms with Gasteiger partial charge >= 0.3 is 5.97 Å². The van der Waals surface area contributed by atoms with Crippen LogP contribution in [0.4, 0.5) is 5.69 Å². The highest BCUT2D eigenvalue weighted by atomic mass is 32.2. The van der Waals surface area contributed by atoms with E-state index in [2.05, 4.69) is 4.72 Å². The van der Waals surface area contributed by atoms with Crippen molar-refractivity contribution < 1.29 is 18.3 Å². The van der Waals surface area contributed by atoms with Gasteiger partial charge in [0, 0.05) is 10.4 Å². The number of rotatable bonds is 4. The zero-order chi connectivity index (χ0) is 15.7. The van der Waals surface area contributed by atoms with E-state index in [0.717, 1.165) is 10.1 Å². The molecule has 0 saturated heterocycles. The number of thiophene rings is 1. The molecule has 0 aliphatic carbocycles. The minimum atomic E-state index is -3.75. The maximum absolute atomic E-state index is 12.3. The van der Waals surface area contributed by atoms with Crippen LogP contribution >= 0.6 is 11.3 Å². The third-order valence-corrected chi connectivity index (χ3v) is 5.41. The first kappa shape index (κ1) is 14.6. The van der Waals surface area contributed by atoms with Crippen LogP contribution in [0.1, 0.15) is 10.4 Å². The molecule has 0 amide bonds. The monoisotopic (exact) mass is 333 g/mol. The van der Waals surface area contributed by atoms with Gasteiger partial charge in [-0.15, -0.1) is 11.3 Å². The van der Waals surface area contributed by atoms with Crippen LogP contribution in [0.2, 0.25) is 0 Å². The van der Waals surface area contributed by atoms with Crippen molar-refractivity contribution in [2.24, 2.45) is 0 Å². The molecule has 0 aliphatic rings. The molecular weight excluding hydrogens is 322 g/mol. The second-order valence-corrected chi connectivity index (χ2v) is 7.24. The lowest BCUT2D eigenvalue weighted by atomic mass is 10.2. The van der Waals surface area contributed by atoms with Gasteiger partial charge in [0.1, 0.15) is 0 Å². The summed E-state index contributed by atoms with van der Waals surface area (Å²) in [6.45, 7) is 0. The summed E-state index contributed by atoms with van der Waals surface area (Å²) in [4.78, 5) is 10.8. The predicted molar refractivity (Wildman–Crippen MR) is 86.0 cm³/mol. The second-order valence-electron chi connectivity index (χ2n) is 4.61. The topological polar surface area (TPSA) is 83.5 Å². The van der Waals surface area contributed by atoms with Crippen molar-refractivity contribution in [1.29, 1.82) is 0 Å². The largest absolute Gasteiger partial charge is 0.478 e. The van der Waals surface area contributed by atoms with E-state index in [4.69, 9.17) is 5.11 Å². The van der Waals surface area contributed by atoms with Crippen LogP contribution in [0.5, 0.6) is 0 Å². The second kappa shape index (κ2) is 5.43. The number of carboxylic acid groups (broad SMARTS) is 1. The summed E-state index contributed by atoms with van der Waals surface area (Å²) in [7, 11) is -3.75. The van der Waals surface area contributed by atoms with Crippen molar-refractivity contribution in [2.75, 3.05) is 4.72 Å². The highest BCUT2D eigenvalue weighted by Gasteiger charge is 2.15. The Balaban J connectivity index is 1.90. The summed E-state index contributed by atoms with van der Waals surface area (Å²) in [6.07, 6.45) is 0. The molecule has 0 radical (unpaired) electrons. The predicted octanol–water partition coefficient (Wildman–Crippen LogP) is 3.40. The zero-order valence-corrected chi connectivity index (χ0v) is 12.8. The van der Waals surface area contributed by atoms with E-state index >= 15 is 0 Å². The molecule has 112 valence electrons. The third kappa shape index (κ3) is 2.81. The number of hydrogen-bond donors (Lipinski definition) is 2. The molecule has 0 unspecified atom stereocenters. The summed E-state index contributed by atoms with van der Waals surface area (Å²) >= 11 is 1.58. The fraction of sp³-hybridized carbons (Fsp3) is 0. The first-order valence-corrected chi connectivity index (χ1v) is 8.65. The molecule has 0 aliphatic heterocycles. The summed E-state index contributed by atoms with van der Waals surface area (Å²) in [6, 6.07) is 12.3. The third-order valence-electron chi connectivity index (χ3n) is 3.12. The Morgan fingerprint density at radius 3 is 2.45 bits per heavy atom. The Morgan fingerprint density at radius 2 is 1.77 bits per heavy atom. The molecule has 0 bridgehead atoms. The van der Waals surface area contributed by atoms with E-state index in [-0.39, 0.29) is 10.5 Å². The number of carbonyl (C=O) groups is 1. The molecule has 0 saturated carbocycles. The van der Waals surface area contributed by atoms with Crippen LogP contribution in [0.3, 0.4) is 0 Å². The molecule has 2 aromatic carbocycles. The smallest absolute Gasteiger partial charge is 0.335 e. The highest BCUT2D eigenvalue weighted by Crippen LogP contribution is 2.25. The fourth-order valence-corrected chi connectivity index (χ4v) is 3.84. The number of carboxylic acids is 1. The normalized spacial score (nSPS) is 11.5. The molecule has 1 heterocycles. The van der Waals surface area contributed by atoms with Crippen molar-refractivity contribution in [3.05, 3.63) is 59.5 Å². The van der Waals surface area contributed by atoms with E-state index in [9.17, 15) is 13.2 Å². The Kier molecular flexibility index (Phi) is 3.59. The van der Waals surface area contributed by atoms with E-state index in [1.54, 1.807) is 23.5 Å². The fourth-order valence-electron chi connectivity index (χ4n) is 2.02. The first-order chi connectivity index (χ1) is 10.5. The standard InChI is InChI=1S/C15H11NO4S2/c17-15(18)10-1-4-13(5-2-10)22(19,20)16-12-3-6-14-11(9-12)7-8-21-14/h1-9,16H,(H,17,18). The van der Waals surface area contributed by atoms with Gasteiger partial charge in [-0.3, -0.25) is 4.72 Å². The number of anilines is 1. The number of fused-ring (bicyclic) bond motifs is 1. The summed E-state index contributed by atoms with van der Waals surface area (Å²) in [5, 5.41) is 11.7. The van der Waals surface area contributed by atoms with Crippen LogP contribution in [-0.4, -0.2) is 19.5 Å². The van der Waals surface area contributed by atoms with Gasteiger partial charge in [-0.05, 0) is 59.3 Å². The lowest BCUT2D eigenvalue weighted by Gasteiger charge is -2.08. The average Bonchev–Trinajstić information content (AvgIpc) is 2.94. The Labute approximate surface area is 130 Å². The van der Waals surface area contributed by atoms with Gasteiger partial charge in [-0.1, -0.05) is 0 Å². The minimum absolute atomic E-state index is 0.0166. The van der Waals surface area contributed by atoms with Gasteiger partial charge in [-0.25, -0.2) is 13.2 Å². The Morgan fingerprint density at radius 1 is 1.05 bits per heavy atom. The minimum Gasteiger partial charge on any atom is -0.478 e. The maximum Gasteiger partial charge on any atom is 0.335 e. The van der Waals surface area contributed by atoms with Crippen LogP contribution in [-0.2, 0) is 10.0 Å². The van der Waals surface area contributed by atoms with Crippen molar-refractivity contribution in [2.45, 2.75) is 4.90 Å². The summed E-state index contributed by atoms with van der Waals surface area (Å²) in [5.74, 6) is -1.10. The molecule has 22 heavy (non-hydrogen) atoms. The molecule has 1 aromatic heterocycles. The molecule has 0 fully saturated rings. The SMILES string of the molecule is O=C(O)c1ccc(S(=O)(=O)Nc2ccc3sccc3c2)cc1. The van der Waals surface area contributed by atoms with Gasteiger partial charge in [-0.2, -0.15) is 0 Å². The molecule has 0 atom stereocenters. The number of sulfonamides is 1. The van der Waals surface area contributed by atoms with Gasteiger partial charge in [0.05, 0.1) is 10.5 Å². The van der Waals surface area contributed by atoms with E-state index < -0.39 is 16.0 Å². The molecule has 7 heteroatoms. The molecule has 3 rings (SSSR count).